The number of nitriles is 1. The zero-order valence-corrected chi connectivity index (χ0v) is 10.2. The molecule has 0 amide bonds. The van der Waals surface area contributed by atoms with Crippen molar-refractivity contribution >= 4 is 5.69 Å². The molecule has 3 nitrogen and oxygen atoms in total. The molecule has 0 saturated carbocycles. The van der Waals surface area contributed by atoms with Crippen molar-refractivity contribution < 1.29 is 4.74 Å². The van der Waals surface area contributed by atoms with Crippen LogP contribution in [0.2, 0.25) is 0 Å². The van der Waals surface area contributed by atoms with Gasteiger partial charge in [0, 0.05) is 25.4 Å². The molecule has 1 aliphatic heterocycles. The Hall–Kier alpha value is -1.53. The average molecular weight is 230 g/mol. The fourth-order valence-corrected chi connectivity index (χ4v) is 2.09. The minimum absolute atomic E-state index is 0.689. The van der Waals surface area contributed by atoms with Crippen LogP contribution in [0.4, 0.5) is 5.69 Å². The lowest BCUT2D eigenvalue weighted by atomic mass is 10.00. The van der Waals surface area contributed by atoms with Gasteiger partial charge in [0.15, 0.2) is 0 Å². The van der Waals surface area contributed by atoms with Gasteiger partial charge < -0.3 is 10.1 Å². The smallest absolute Gasteiger partial charge is 0.0992 e. The first-order valence-corrected chi connectivity index (χ1v) is 6.12. The van der Waals surface area contributed by atoms with E-state index in [4.69, 9.17) is 10.00 Å². The van der Waals surface area contributed by atoms with Gasteiger partial charge in [-0.25, -0.2) is 0 Å². The maximum absolute atomic E-state index is 8.88. The van der Waals surface area contributed by atoms with Gasteiger partial charge in [-0.3, -0.25) is 0 Å². The van der Waals surface area contributed by atoms with Crippen LogP contribution >= 0.6 is 0 Å². The molecule has 0 unspecified atom stereocenters. The van der Waals surface area contributed by atoms with Crippen LogP contribution in [0.3, 0.4) is 0 Å². The summed E-state index contributed by atoms with van der Waals surface area (Å²) in [6.45, 7) is 4.79. The Kier molecular flexibility index (Phi) is 4.00. The first kappa shape index (κ1) is 11.9. The van der Waals surface area contributed by atoms with E-state index in [-0.39, 0.29) is 0 Å². The van der Waals surface area contributed by atoms with E-state index in [0.717, 1.165) is 38.3 Å². The summed E-state index contributed by atoms with van der Waals surface area (Å²) in [5, 5.41) is 12.3. The molecule has 0 aliphatic carbocycles. The maximum atomic E-state index is 8.88. The van der Waals surface area contributed by atoms with Crippen molar-refractivity contribution in [2.75, 3.05) is 25.1 Å². The van der Waals surface area contributed by atoms with Crippen molar-refractivity contribution in [1.29, 1.82) is 5.26 Å². The van der Waals surface area contributed by atoms with Crippen molar-refractivity contribution in [1.82, 2.24) is 0 Å². The lowest BCUT2D eigenvalue weighted by molar-refractivity contribution is 0.0699. The number of aryl methyl sites for hydroxylation is 1. The third kappa shape index (κ3) is 3.21. The van der Waals surface area contributed by atoms with Crippen molar-refractivity contribution in [2.45, 2.75) is 19.8 Å². The molecule has 90 valence electrons. The van der Waals surface area contributed by atoms with Crippen LogP contribution in [-0.4, -0.2) is 19.8 Å². The predicted octanol–water partition coefficient (Wildman–Crippen LogP) is 2.71. The second-order valence-corrected chi connectivity index (χ2v) is 4.58. The maximum Gasteiger partial charge on any atom is 0.0992 e. The number of ether oxygens (including phenoxy) is 1. The third-order valence-corrected chi connectivity index (χ3v) is 3.29. The zero-order chi connectivity index (χ0) is 12.1. The van der Waals surface area contributed by atoms with Crippen molar-refractivity contribution in [2.24, 2.45) is 5.92 Å². The number of rotatable bonds is 3. The Morgan fingerprint density at radius 2 is 2.18 bits per heavy atom. The van der Waals surface area contributed by atoms with E-state index in [1.54, 1.807) is 0 Å². The van der Waals surface area contributed by atoms with Crippen molar-refractivity contribution in [3.8, 4) is 6.07 Å². The molecule has 1 aliphatic rings. The summed E-state index contributed by atoms with van der Waals surface area (Å²) < 4.78 is 5.34. The Bertz CT molecular complexity index is 417. The third-order valence-electron chi connectivity index (χ3n) is 3.29. The largest absolute Gasteiger partial charge is 0.385 e. The second kappa shape index (κ2) is 5.70. The molecule has 0 spiro atoms. The van der Waals surface area contributed by atoms with E-state index in [1.165, 1.54) is 5.56 Å². The topological polar surface area (TPSA) is 45.0 Å². The molecule has 0 atom stereocenters. The molecule has 1 fully saturated rings. The van der Waals surface area contributed by atoms with Gasteiger partial charge in [-0.2, -0.15) is 5.26 Å². The highest BCUT2D eigenvalue weighted by Gasteiger charge is 2.13. The number of benzene rings is 1. The number of anilines is 1. The Morgan fingerprint density at radius 3 is 2.88 bits per heavy atom. The average Bonchev–Trinajstić information content (AvgIpc) is 2.39. The Morgan fingerprint density at radius 1 is 1.41 bits per heavy atom. The van der Waals surface area contributed by atoms with Crippen LogP contribution in [-0.2, 0) is 4.74 Å². The minimum Gasteiger partial charge on any atom is -0.385 e. The van der Waals surface area contributed by atoms with Crippen LogP contribution in [0, 0.1) is 24.2 Å². The van der Waals surface area contributed by atoms with E-state index in [1.807, 2.05) is 18.2 Å². The molecule has 1 aromatic carbocycles. The molecule has 1 aromatic rings. The summed E-state index contributed by atoms with van der Waals surface area (Å²) in [4.78, 5) is 0. The summed E-state index contributed by atoms with van der Waals surface area (Å²) in [6.07, 6.45) is 2.26. The second-order valence-electron chi connectivity index (χ2n) is 4.58. The van der Waals surface area contributed by atoms with E-state index < -0.39 is 0 Å². The van der Waals surface area contributed by atoms with E-state index in [0.29, 0.717) is 11.5 Å². The Balaban J connectivity index is 1.95. The van der Waals surface area contributed by atoms with E-state index >= 15 is 0 Å². The van der Waals surface area contributed by atoms with Crippen LogP contribution in [0.15, 0.2) is 18.2 Å². The minimum atomic E-state index is 0.689. The molecule has 0 radical (unpaired) electrons. The highest BCUT2D eigenvalue weighted by Crippen LogP contribution is 2.19. The lowest BCUT2D eigenvalue weighted by Gasteiger charge is -2.23. The molecule has 17 heavy (non-hydrogen) atoms. The number of hydrogen-bond acceptors (Lipinski definition) is 3. The predicted molar refractivity (Wildman–Crippen MR) is 67.9 cm³/mol. The molecular formula is C14H18N2O. The van der Waals surface area contributed by atoms with Gasteiger partial charge in [-0.05, 0) is 43.4 Å². The fraction of sp³-hybridized carbons (Fsp3) is 0.500. The fourth-order valence-electron chi connectivity index (χ4n) is 2.09. The number of nitrogens with zero attached hydrogens (tertiary/aromatic N) is 1. The van der Waals surface area contributed by atoms with Crippen molar-refractivity contribution in [3.63, 3.8) is 0 Å². The van der Waals surface area contributed by atoms with Gasteiger partial charge in [-0.1, -0.05) is 6.07 Å². The van der Waals surface area contributed by atoms with Gasteiger partial charge in [0.2, 0.25) is 0 Å². The first-order chi connectivity index (χ1) is 8.29. The summed E-state index contributed by atoms with van der Waals surface area (Å²) >= 11 is 0. The van der Waals surface area contributed by atoms with Crippen LogP contribution in [0.25, 0.3) is 0 Å². The first-order valence-electron chi connectivity index (χ1n) is 6.12. The highest BCUT2D eigenvalue weighted by atomic mass is 16.5. The zero-order valence-electron chi connectivity index (χ0n) is 10.2. The summed E-state index contributed by atoms with van der Waals surface area (Å²) in [5.41, 5.74) is 2.98. The molecule has 1 N–H and O–H groups in total. The number of nitrogens with one attached hydrogen (secondary N) is 1. The molecule has 0 aromatic heterocycles. The van der Waals surface area contributed by atoms with E-state index in [2.05, 4.69) is 18.3 Å². The molecule has 3 heteroatoms. The van der Waals surface area contributed by atoms with Gasteiger partial charge in [-0.15, -0.1) is 0 Å². The quantitative estimate of drug-likeness (QED) is 0.868. The van der Waals surface area contributed by atoms with Gasteiger partial charge >= 0.3 is 0 Å². The monoisotopic (exact) mass is 230 g/mol. The summed E-state index contributed by atoms with van der Waals surface area (Å²) in [6, 6.07) is 7.94. The molecule has 1 saturated heterocycles. The normalized spacial score (nSPS) is 16.5. The highest BCUT2D eigenvalue weighted by molar-refractivity contribution is 5.55. The van der Waals surface area contributed by atoms with Crippen LogP contribution in [0.1, 0.15) is 24.0 Å². The Labute approximate surface area is 102 Å². The van der Waals surface area contributed by atoms with Gasteiger partial charge in [0.25, 0.3) is 0 Å². The molecule has 0 bridgehead atoms. The molecular weight excluding hydrogens is 212 g/mol. The lowest BCUT2D eigenvalue weighted by Crippen LogP contribution is -2.22. The van der Waals surface area contributed by atoms with E-state index in [9.17, 15) is 0 Å². The standard InChI is InChI=1S/C14H18N2O/c1-11-2-3-13(9-15)8-14(11)16-10-12-4-6-17-7-5-12/h2-3,8,12,16H,4-7,10H2,1H3. The summed E-state index contributed by atoms with van der Waals surface area (Å²) in [7, 11) is 0. The molecule has 1 heterocycles. The van der Waals surface area contributed by atoms with Crippen LogP contribution < -0.4 is 5.32 Å². The SMILES string of the molecule is Cc1ccc(C#N)cc1NCC1CCOCC1. The summed E-state index contributed by atoms with van der Waals surface area (Å²) in [5.74, 6) is 0.689. The van der Waals surface area contributed by atoms with Crippen molar-refractivity contribution in [3.05, 3.63) is 29.3 Å². The van der Waals surface area contributed by atoms with Gasteiger partial charge in [0.05, 0.1) is 11.6 Å². The van der Waals surface area contributed by atoms with Gasteiger partial charge in [0.1, 0.15) is 0 Å². The number of hydrogen-bond donors (Lipinski definition) is 1. The molecule has 2 rings (SSSR count). The van der Waals surface area contributed by atoms with Crippen LogP contribution in [0.5, 0.6) is 0 Å².